The molecule has 11 nitrogen and oxygen atoms in total. The fourth-order valence-electron chi connectivity index (χ4n) is 4.24. The number of nitrogens with one attached hydrogen (secondary N) is 1. The van der Waals surface area contributed by atoms with E-state index in [1.54, 1.807) is 0 Å². The number of nitrogens with zero attached hydrogens (tertiary/aromatic N) is 1. The van der Waals surface area contributed by atoms with Crippen LogP contribution >= 0.6 is 0 Å². The molecule has 4 fully saturated rings. The van der Waals surface area contributed by atoms with E-state index in [0.717, 1.165) is 0 Å². The van der Waals surface area contributed by atoms with Gasteiger partial charge in [0.25, 0.3) is 0 Å². The lowest BCUT2D eigenvalue weighted by Crippen LogP contribution is -2.95. The van der Waals surface area contributed by atoms with Gasteiger partial charge in [0, 0.05) is 0 Å². The van der Waals surface area contributed by atoms with Crippen molar-refractivity contribution in [2.24, 2.45) is 16.6 Å². The summed E-state index contributed by atoms with van der Waals surface area (Å²) in [6.45, 7) is -0.857. The molecule has 1 saturated carbocycles. The van der Waals surface area contributed by atoms with Crippen LogP contribution in [0, 0.1) is 5.92 Å². The lowest BCUT2D eigenvalue weighted by Gasteiger charge is -2.71. The standard InChI is InChI=1S/C11H17N3O8/c12-8-13-6(17)2-4-9(19,1-15)5-3(16)10(2,14-8)7(18)11(20,21-4)22-5/h2-7,15-20H,1H2,(H3,12,13,14)/t2-,3+,4-,5-,6-,7+,9-,10-,11+/m1/s1. The molecule has 1 aliphatic carbocycles. The molecule has 0 unspecified atom stereocenters. The first-order valence-corrected chi connectivity index (χ1v) is 6.77. The molecule has 5 rings (SSSR count). The average Bonchev–Trinajstić information content (AvgIpc) is 2.45. The average molecular weight is 319 g/mol. The lowest BCUT2D eigenvalue weighted by molar-refractivity contribution is -0.548. The summed E-state index contributed by atoms with van der Waals surface area (Å²) in [4.78, 5) is 3.70. The molecule has 0 aromatic heterocycles. The first-order valence-electron chi connectivity index (χ1n) is 6.77. The van der Waals surface area contributed by atoms with E-state index in [9.17, 15) is 30.6 Å². The topological polar surface area (TPSA) is 190 Å². The summed E-state index contributed by atoms with van der Waals surface area (Å²) in [5, 5.41) is 64.3. The zero-order valence-electron chi connectivity index (χ0n) is 11.2. The van der Waals surface area contributed by atoms with Crippen molar-refractivity contribution in [2.75, 3.05) is 6.61 Å². The van der Waals surface area contributed by atoms with Gasteiger partial charge in [0.1, 0.15) is 29.5 Å². The van der Waals surface area contributed by atoms with Gasteiger partial charge in [0.2, 0.25) is 0 Å². The van der Waals surface area contributed by atoms with E-state index in [2.05, 4.69) is 10.3 Å². The van der Waals surface area contributed by atoms with Crippen LogP contribution in [0.25, 0.3) is 0 Å². The van der Waals surface area contributed by atoms with Crippen molar-refractivity contribution in [1.29, 1.82) is 0 Å². The zero-order chi connectivity index (χ0) is 16.1. The van der Waals surface area contributed by atoms with Crippen molar-refractivity contribution in [3.05, 3.63) is 0 Å². The molecule has 124 valence electrons. The highest BCUT2D eigenvalue weighted by Crippen LogP contribution is 2.58. The highest BCUT2D eigenvalue weighted by molar-refractivity contribution is 5.80. The molecular formula is C11H17N3O8. The van der Waals surface area contributed by atoms with Crippen LogP contribution in [-0.4, -0.2) is 91.0 Å². The number of nitrogens with two attached hydrogens (primary N) is 1. The fraction of sp³-hybridized carbons (Fsp3) is 0.909. The number of aliphatic hydroxyl groups is 6. The predicted molar refractivity (Wildman–Crippen MR) is 65.7 cm³/mol. The number of guanidine groups is 1. The maximum Gasteiger partial charge on any atom is 0.311 e. The van der Waals surface area contributed by atoms with E-state index >= 15 is 0 Å². The molecule has 0 aromatic rings. The molecule has 0 amide bonds. The maximum atomic E-state index is 10.6. The molecule has 4 aliphatic heterocycles. The molecule has 0 radical (unpaired) electrons. The fourth-order valence-corrected chi connectivity index (χ4v) is 4.24. The molecule has 4 bridgehead atoms. The molecule has 1 spiro atoms. The second-order valence-corrected chi connectivity index (χ2v) is 6.22. The summed E-state index contributed by atoms with van der Waals surface area (Å²) in [6, 6.07) is 0. The van der Waals surface area contributed by atoms with E-state index in [1.165, 1.54) is 0 Å². The quantitative estimate of drug-likeness (QED) is 0.231. The van der Waals surface area contributed by atoms with Crippen molar-refractivity contribution >= 4 is 5.96 Å². The first-order chi connectivity index (χ1) is 10.2. The van der Waals surface area contributed by atoms with Gasteiger partial charge in [-0.1, -0.05) is 0 Å². The van der Waals surface area contributed by atoms with Gasteiger partial charge in [-0.25, -0.2) is 4.99 Å². The highest BCUT2D eigenvalue weighted by atomic mass is 16.9. The van der Waals surface area contributed by atoms with Gasteiger partial charge < -0.3 is 51.2 Å². The molecule has 9 atom stereocenters. The minimum atomic E-state index is -2.52. The largest absolute Gasteiger partial charge is 0.393 e. The summed E-state index contributed by atoms with van der Waals surface area (Å²) in [5.74, 6) is -3.95. The third kappa shape index (κ3) is 1.28. The van der Waals surface area contributed by atoms with Crippen LogP contribution in [0.5, 0.6) is 0 Å². The van der Waals surface area contributed by atoms with Crippen LogP contribution in [0.4, 0.5) is 0 Å². The second kappa shape index (κ2) is 3.88. The molecule has 3 saturated heterocycles. The number of aliphatic imine (C=N–C) groups is 1. The maximum absolute atomic E-state index is 10.6. The number of rotatable bonds is 1. The van der Waals surface area contributed by atoms with Gasteiger partial charge in [-0.05, 0) is 0 Å². The SMILES string of the molecule is NC1=N[C@H](O)[C@H]2[C@H]3O[C@]4(O)O[C@H]([C@H](O)[C@@]2(N1)[C@@H]4O)[C@@]3(O)CO. The van der Waals surface area contributed by atoms with Gasteiger partial charge in [-0.15, -0.1) is 0 Å². The third-order valence-electron chi connectivity index (χ3n) is 5.22. The second-order valence-electron chi connectivity index (χ2n) is 6.22. The Morgan fingerprint density at radius 3 is 2.45 bits per heavy atom. The minimum Gasteiger partial charge on any atom is -0.393 e. The number of hydrogen-bond acceptors (Lipinski definition) is 11. The number of aliphatic hydroxyl groups excluding tert-OH is 4. The van der Waals surface area contributed by atoms with E-state index in [4.69, 9.17) is 15.2 Å². The highest BCUT2D eigenvalue weighted by Gasteiger charge is 2.82. The molecule has 5 aliphatic rings. The number of hydrogen-bond donors (Lipinski definition) is 8. The Kier molecular flexibility index (Phi) is 2.57. The minimum absolute atomic E-state index is 0.250. The summed E-state index contributed by atoms with van der Waals surface area (Å²) in [5.41, 5.74) is 1.74. The van der Waals surface area contributed by atoms with Crippen LogP contribution in [0.1, 0.15) is 0 Å². The van der Waals surface area contributed by atoms with Crippen LogP contribution < -0.4 is 11.1 Å². The van der Waals surface area contributed by atoms with Gasteiger partial charge in [0.05, 0.1) is 12.5 Å². The van der Waals surface area contributed by atoms with E-state index in [-0.39, 0.29) is 5.96 Å². The van der Waals surface area contributed by atoms with Crippen molar-refractivity contribution in [3.63, 3.8) is 0 Å². The molecule has 11 heteroatoms. The Morgan fingerprint density at radius 2 is 1.82 bits per heavy atom. The van der Waals surface area contributed by atoms with Crippen LogP contribution in [0.2, 0.25) is 0 Å². The molecule has 22 heavy (non-hydrogen) atoms. The lowest BCUT2D eigenvalue weighted by atomic mass is 9.55. The normalized spacial score (nSPS) is 62.4. The Labute approximate surface area is 123 Å². The van der Waals surface area contributed by atoms with E-state index in [0.29, 0.717) is 0 Å². The predicted octanol–water partition coefficient (Wildman–Crippen LogP) is -5.52. The van der Waals surface area contributed by atoms with E-state index < -0.39 is 60.3 Å². The monoisotopic (exact) mass is 319 g/mol. The number of ether oxygens (including phenoxy) is 2. The van der Waals surface area contributed by atoms with Gasteiger partial charge in [-0.2, -0.15) is 0 Å². The zero-order valence-corrected chi connectivity index (χ0v) is 11.2. The molecule has 4 heterocycles. The molecular weight excluding hydrogens is 302 g/mol. The smallest absolute Gasteiger partial charge is 0.311 e. The third-order valence-corrected chi connectivity index (χ3v) is 5.22. The van der Waals surface area contributed by atoms with Gasteiger partial charge >= 0.3 is 5.97 Å². The summed E-state index contributed by atoms with van der Waals surface area (Å²) in [7, 11) is 0. The Hall–Kier alpha value is -1.05. The van der Waals surface area contributed by atoms with Crippen molar-refractivity contribution in [3.8, 4) is 0 Å². The van der Waals surface area contributed by atoms with Crippen molar-refractivity contribution in [1.82, 2.24) is 5.32 Å². The summed E-state index contributed by atoms with van der Waals surface area (Å²) in [6.07, 6.45) is -7.77. The van der Waals surface area contributed by atoms with Crippen LogP contribution in [0.15, 0.2) is 4.99 Å². The Balaban J connectivity index is 1.95. The van der Waals surface area contributed by atoms with Gasteiger partial charge in [-0.3, -0.25) is 0 Å². The molecule has 0 aromatic carbocycles. The van der Waals surface area contributed by atoms with Crippen LogP contribution in [-0.2, 0) is 9.47 Å². The summed E-state index contributed by atoms with van der Waals surface area (Å²) < 4.78 is 10.3. The van der Waals surface area contributed by atoms with Gasteiger partial charge in [0.15, 0.2) is 18.3 Å². The first kappa shape index (κ1) is 14.5. The van der Waals surface area contributed by atoms with E-state index in [1.807, 2.05) is 0 Å². The van der Waals surface area contributed by atoms with Crippen LogP contribution in [0.3, 0.4) is 0 Å². The Morgan fingerprint density at radius 1 is 1.18 bits per heavy atom. The molecule has 9 N–H and O–H groups in total. The van der Waals surface area contributed by atoms with Crippen molar-refractivity contribution in [2.45, 2.75) is 47.8 Å². The Bertz CT molecular complexity index is 561. The van der Waals surface area contributed by atoms with Crippen molar-refractivity contribution < 1.29 is 40.1 Å². The summed E-state index contributed by atoms with van der Waals surface area (Å²) >= 11 is 0.